The van der Waals surface area contributed by atoms with Crippen LogP contribution < -0.4 is 10.1 Å². The summed E-state index contributed by atoms with van der Waals surface area (Å²) in [5.41, 5.74) is 0.512. The van der Waals surface area contributed by atoms with Gasteiger partial charge in [-0.25, -0.2) is 4.79 Å². The predicted octanol–water partition coefficient (Wildman–Crippen LogP) is 3.52. The van der Waals surface area contributed by atoms with Crippen LogP contribution in [0.3, 0.4) is 0 Å². The Morgan fingerprint density at radius 3 is 2.12 bits per heavy atom. The number of ether oxygens (including phenoxy) is 2. The lowest BCUT2D eigenvalue weighted by Crippen LogP contribution is -2.45. The molecule has 8 heteroatoms. The highest BCUT2D eigenvalue weighted by Gasteiger charge is 2.51. The third-order valence-corrected chi connectivity index (χ3v) is 6.07. The summed E-state index contributed by atoms with van der Waals surface area (Å²) in [7, 11) is 0. The van der Waals surface area contributed by atoms with E-state index in [1.165, 1.54) is 6.92 Å². The van der Waals surface area contributed by atoms with Gasteiger partial charge < -0.3 is 14.8 Å². The van der Waals surface area contributed by atoms with Gasteiger partial charge in [0.1, 0.15) is 17.5 Å². The fraction of sp³-hybridized carbons (Fsp3) is 0.360. The number of nitrogens with zero attached hydrogens (tertiary/aromatic N) is 1. The van der Waals surface area contributed by atoms with E-state index in [1.54, 1.807) is 24.3 Å². The Bertz CT molecular complexity index is 1010. The van der Waals surface area contributed by atoms with E-state index >= 15 is 0 Å². The van der Waals surface area contributed by atoms with E-state index < -0.39 is 24.5 Å². The third kappa shape index (κ3) is 5.05. The standard InChI is InChI=1S/C25H26N2O6/c1-16(27-23(29)20-9-5-6-10-21(20)24(27)30)25(31)32-15-22(28)26-17-11-13-19(14-12-17)33-18-7-3-2-4-8-18/h2-4,7-8,11-14,16,20-21H,5-6,9-10,15H2,1H3,(H,26,28)/t16-,20?,21?/m0/s1. The molecule has 2 aromatic carbocycles. The summed E-state index contributed by atoms with van der Waals surface area (Å²) in [5, 5.41) is 2.64. The third-order valence-electron chi connectivity index (χ3n) is 6.07. The van der Waals surface area contributed by atoms with Gasteiger partial charge in [0.2, 0.25) is 11.8 Å². The quantitative estimate of drug-likeness (QED) is 0.512. The maximum absolute atomic E-state index is 12.6. The van der Waals surface area contributed by atoms with Crippen LogP contribution >= 0.6 is 0 Å². The number of anilines is 1. The van der Waals surface area contributed by atoms with E-state index in [-0.39, 0.29) is 23.7 Å². The fourth-order valence-electron chi connectivity index (χ4n) is 4.36. The number of benzene rings is 2. The minimum atomic E-state index is -1.06. The molecule has 1 N–H and O–H groups in total. The first-order valence-corrected chi connectivity index (χ1v) is 11.1. The summed E-state index contributed by atoms with van der Waals surface area (Å²) in [4.78, 5) is 50.9. The van der Waals surface area contributed by atoms with Crippen molar-refractivity contribution in [3.8, 4) is 11.5 Å². The van der Waals surface area contributed by atoms with Crippen molar-refractivity contribution in [3.05, 3.63) is 54.6 Å². The Labute approximate surface area is 191 Å². The zero-order valence-electron chi connectivity index (χ0n) is 18.4. The number of para-hydroxylation sites is 1. The molecule has 0 aromatic heterocycles. The Hall–Kier alpha value is -3.68. The van der Waals surface area contributed by atoms with Crippen molar-refractivity contribution in [2.24, 2.45) is 11.8 Å². The molecule has 0 spiro atoms. The molecular formula is C25H26N2O6. The van der Waals surface area contributed by atoms with Crippen LogP contribution in [0.15, 0.2) is 54.6 Å². The van der Waals surface area contributed by atoms with Gasteiger partial charge in [0.05, 0.1) is 11.8 Å². The van der Waals surface area contributed by atoms with E-state index in [9.17, 15) is 19.2 Å². The van der Waals surface area contributed by atoms with Crippen LogP contribution in [0.2, 0.25) is 0 Å². The van der Waals surface area contributed by atoms with Crippen molar-refractivity contribution in [3.63, 3.8) is 0 Å². The van der Waals surface area contributed by atoms with E-state index in [0.717, 1.165) is 17.7 Å². The largest absolute Gasteiger partial charge is 0.457 e. The van der Waals surface area contributed by atoms with Crippen molar-refractivity contribution in [1.29, 1.82) is 0 Å². The highest BCUT2D eigenvalue weighted by molar-refractivity contribution is 6.08. The molecule has 1 aliphatic carbocycles. The maximum Gasteiger partial charge on any atom is 0.329 e. The number of likely N-dealkylation sites (tertiary alicyclic amines) is 1. The van der Waals surface area contributed by atoms with Gasteiger partial charge in [-0.1, -0.05) is 31.0 Å². The zero-order valence-corrected chi connectivity index (χ0v) is 18.4. The van der Waals surface area contributed by atoms with Crippen LogP contribution in [0.1, 0.15) is 32.6 Å². The molecule has 8 nitrogen and oxygen atoms in total. The number of nitrogens with one attached hydrogen (secondary N) is 1. The average Bonchev–Trinajstić information content (AvgIpc) is 3.09. The van der Waals surface area contributed by atoms with Crippen LogP contribution in [-0.4, -0.2) is 41.2 Å². The fourth-order valence-corrected chi connectivity index (χ4v) is 4.36. The van der Waals surface area contributed by atoms with E-state index in [2.05, 4.69) is 5.32 Å². The molecule has 1 aliphatic heterocycles. The second-order valence-electron chi connectivity index (χ2n) is 8.32. The van der Waals surface area contributed by atoms with Gasteiger partial charge in [-0.3, -0.25) is 19.3 Å². The Kier molecular flexibility index (Phi) is 6.72. The Morgan fingerprint density at radius 1 is 0.939 bits per heavy atom. The molecule has 0 bridgehead atoms. The normalized spacial score (nSPS) is 20.7. The van der Waals surface area contributed by atoms with Crippen LogP contribution in [-0.2, 0) is 23.9 Å². The van der Waals surface area contributed by atoms with Gasteiger partial charge in [0, 0.05) is 5.69 Å². The number of carbonyl (C=O) groups is 4. The molecule has 1 heterocycles. The van der Waals surface area contributed by atoms with Crippen LogP contribution in [0, 0.1) is 11.8 Å². The molecule has 2 fully saturated rings. The van der Waals surface area contributed by atoms with E-state index in [4.69, 9.17) is 9.47 Å². The number of hydrogen-bond donors (Lipinski definition) is 1. The minimum Gasteiger partial charge on any atom is -0.457 e. The summed E-state index contributed by atoms with van der Waals surface area (Å²) >= 11 is 0. The first-order valence-electron chi connectivity index (χ1n) is 11.1. The van der Waals surface area contributed by atoms with Crippen molar-refractivity contribution in [2.75, 3.05) is 11.9 Å². The average molecular weight is 450 g/mol. The van der Waals surface area contributed by atoms with Crippen molar-refractivity contribution < 1.29 is 28.7 Å². The number of imide groups is 1. The van der Waals surface area contributed by atoms with Gasteiger partial charge in [0.15, 0.2) is 6.61 Å². The summed E-state index contributed by atoms with van der Waals surface area (Å²) in [6.07, 6.45) is 3.16. The molecule has 4 rings (SSSR count). The lowest BCUT2D eigenvalue weighted by molar-refractivity contribution is -0.159. The lowest BCUT2D eigenvalue weighted by Gasteiger charge is -2.21. The minimum absolute atomic E-state index is 0.309. The van der Waals surface area contributed by atoms with Crippen LogP contribution in [0.5, 0.6) is 11.5 Å². The molecule has 3 amide bonds. The van der Waals surface area contributed by atoms with Crippen LogP contribution in [0.4, 0.5) is 5.69 Å². The van der Waals surface area contributed by atoms with Gasteiger partial charge in [-0.15, -0.1) is 0 Å². The van der Waals surface area contributed by atoms with E-state index in [0.29, 0.717) is 30.0 Å². The number of fused-ring (bicyclic) bond motifs is 1. The van der Waals surface area contributed by atoms with Gasteiger partial charge in [0.25, 0.3) is 5.91 Å². The topological polar surface area (TPSA) is 102 Å². The highest BCUT2D eigenvalue weighted by atomic mass is 16.5. The highest BCUT2D eigenvalue weighted by Crippen LogP contribution is 2.38. The monoisotopic (exact) mass is 450 g/mol. The molecule has 33 heavy (non-hydrogen) atoms. The zero-order chi connectivity index (χ0) is 23.4. The second-order valence-corrected chi connectivity index (χ2v) is 8.32. The molecule has 3 atom stereocenters. The SMILES string of the molecule is C[C@@H](C(=O)OCC(=O)Nc1ccc(Oc2ccccc2)cc1)N1C(=O)C2CCCCC2C1=O. The summed E-state index contributed by atoms with van der Waals surface area (Å²) < 4.78 is 10.8. The molecule has 0 radical (unpaired) electrons. The molecule has 172 valence electrons. The van der Waals surface area contributed by atoms with E-state index in [1.807, 2.05) is 30.3 Å². The Morgan fingerprint density at radius 2 is 1.52 bits per heavy atom. The smallest absolute Gasteiger partial charge is 0.329 e. The van der Waals surface area contributed by atoms with Gasteiger partial charge >= 0.3 is 5.97 Å². The lowest BCUT2D eigenvalue weighted by atomic mass is 9.81. The molecular weight excluding hydrogens is 424 g/mol. The summed E-state index contributed by atoms with van der Waals surface area (Å²) in [6.45, 7) is 0.938. The number of hydrogen-bond acceptors (Lipinski definition) is 6. The predicted molar refractivity (Wildman–Crippen MR) is 119 cm³/mol. The van der Waals surface area contributed by atoms with Gasteiger partial charge in [-0.2, -0.15) is 0 Å². The van der Waals surface area contributed by atoms with Crippen molar-refractivity contribution in [1.82, 2.24) is 4.90 Å². The van der Waals surface area contributed by atoms with Crippen molar-refractivity contribution in [2.45, 2.75) is 38.6 Å². The van der Waals surface area contributed by atoms with Crippen LogP contribution in [0.25, 0.3) is 0 Å². The molecule has 1 saturated heterocycles. The molecule has 2 aliphatic rings. The molecule has 2 aromatic rings. The summed E-state index contributed by atoms with van der Waals surface area (Å²) in [5.74, 6) is -1.29. The number of rotatable bonds is 7. The van der Waals surface area contributed by atoms with Crippen molar-refractivity contribution >= 4 is 29.4 Å². The number of esters is 1. The number of amides is 3. The first kappa shape index (κ1) is 22.5. The second kappa shape index (κ2) is 9.85. The van der Waals surface area contributed by atoms with Gasteiger partial charge in [-0.05, 0) is 56.2 Å². The number of carbonyl (C=O) groups excluding carboxylic acids is 4. The first-order chi connectivity index (χ1) is 15.9. The Balaban J connectivity index is 1.26. The maximum atomic E-state index is 12.6. The summed E-state index contributed by atoms with van der Waals surface area (Å²) in [6, 6.07) is 15.0. The molecule has 2 unspecified atom stereocenters. The molecule has 1 saturated carbocycles.